The minimum Gasteiger partial charge on any atom is -0.309 e. The molecule has 0 atom stereocenters. The van der Waals surface area contributed by atoms with E-state index in [1.54, 1.807) is 0 Å². The van der Waals surface area contributed by atoms with Crippen LogP contribution in [0.5, 0.6) is 0 Å². The van der Waals surface area contributed by atoms with E-state index in [9.17, 15) is 0 Å². The molecule has 1 nitrogen and oxygen atoms in total. The summed E-state index contributed by atoms with van der Waals surface area (Å²) < 4.78 is 2.42. The van der Waals surface area contributed by atoms with Crippen LogP contribution in [0.1, 0.15) is 0 Å². The molecule has 0 unspecified atom stereocenters. The van der Waals surface area contributed by atoms with Crippen LogP contribution in [0.2, 0.25) is 0 Å². The zero-order valence-electron chi connectivity index (χ0n) is 20.2. The molecule has 0 aliphatic heterocycles. The van der Waals surface area contributed by atoms with Gasteiger partial charge in [-0.1, -0.05) is 109 Å². The van der Waals surface area contributed by atoms with Gasteiger partial charge >= 0.3 is 0 Å². The number of benzene rings is 7. The molecule has 8 aromatic rings. The van der Waals surface area contributed by atoms with Crippen molar-refractivity contribution in [3.05, 3.63) is 140 Å². The molecule has 7 aromatic carbocycles. The zero-order chi connectivity index (χ0) is 24.3. The molecule has 0 aliphatic rings. The summed E-state index contributed by atoms with van der Waals surface area (Å²) in [5.74, 6) is 0. The van der Waals surface area contributed by atoms with Crippen LogP contribution in [0.25, 0.3) is 70.9 Å². The molecule has 0 saturated heterocycles. The van der Waals surface area contributed by atoms with E-state index in [0.29, 0.717) is 0 Å². The number of hydrogen-bond donors (Lipinski definition) is 0. The molecule has 0 N–H and O–H groups in total. The lowest BCUT2D eigenvalue weighted by Crippen LogP contribution is -1.94. The standard InChI is InChI=1S/C36H23N/c1-2-10-24(11-3-1)25-18-21-36-34(22-25)32-16-8-9-17-35(32)37(36)26-19-20-31-29-14-5-4-12-27(29)28-13-6-7-15-30(28)33(31)23-26/h1-23H. The van der Waals surface area contributed by atoms with Crippen molar-refractivity contribution in [1.29, 1.82) is 0 Å². The molecule has 8 rings (SSSR count). The second-order valence-electron chi connectivity index (χ2n) is 9.77. The smallest absolute Gasteiger partial charge is 0.0541 e. The number of para-hydroxylation sites is 1. The minimum atomic E-state index is 1.19. The van der Waals surface area contributed by atoms with E-state index in [2.05, 4.69) is 144 Å². The molecule has 0 fully saturated rings. The van der Waals surface area contributed by atoms with Gasteiger partial charge in [0.25, 0.3) is 0 Å². The highest BCUT2D eigenvalue weighted by Gasteiger charge is 2.15. The highest BCUT2D eigenvalue weighted by atomic mass is 15.0. The summed E-state index contributed by atoms with van der Waals surface area (Å²) in [5, 5.41) is 10.4. The average Bonchev–Trinajstić information content (AvgIpc) is 3.31. The zero-order valence-corrected chi connectivity index (χ0v) is 20.2. The van der Waals surface area contributed by atoms with Crippen molar-refractivity contribution in [3.8, 4) is 16.8 Å². The topological polar surface area (TPSA) is 4.93 Å². The van der Waals surface area contributed by atoms with E-state index in [1.807, 2.05) is 0 Å². The monoisotopic (exact) mass is 469 g/mol. The first-order valence-electron chi connectivity index (χ1n) is 12.8. The average molecular weight is 470 g/mol. The number of aromatic nitrogens is 1. The number of rotatable bonds is 2. The third-order valence-corrected chi connectivity index (χ3v) is 7.77. The molecule has 1 heteroatoms. The van der Waals surface area contributed by atoms with Gasteiger partial charge in [0.1, 0.15) is 0 Å². The molecular weight excluding hydrogens is 446 g/mol. The highest BCUT2D eigenvalue weighted by Crippen LogP contribution is 2.39. The van der Waals surface area contributed by atoms with E-state index in [4.69, 9.17) is 0 Å². The third kappa shape index (κ3) is 2.98. The van der Waals surface area contributed by atoms with Crippen LogP contribution < -0.4 is 0 Å². The normalized spacial score (nSPS) is 11.8. The first-order valence-corrected chi connectivity index (χ1v) is 12.8. The van der Waals surface area contributed by atoms with Gasteiger partial charge in [-0.15, -0.1) is 0 Å². The minimum absolute atomic E-state index is 1.19. The maximum Gasteiger partial charge on any atom is 0.0541 e. The molecular formula is C36H23N. The predicted octanol–water partition coefficient (Wildman–Crippen LogP) is 9.91. The van der Waals surface area contributed by atoms with Crippen molar-refractivity contribution < 1.29 is 0 Å². The summed E-state index contributed by atoms with van der Waals surface area (Å²) in [6.07, 6.45) is 0. The maximum atomic E-state index is 2.42. The first-order chi connectivity index (χ1) is 18.4. The van der Waals surface area contributed by atoms with Crippen LogP contribution in [0.4, 0.5) is 0 Å². The molecule has 0 saturated carbocycles. The summed E-state index contributed by atoms with van der Waals surface area (Å²) in [6, 6.07) is 50.8. The quantitative estimate of drug-likeness (QED) is 0.222. The summed E-state index contributed by atoms with van der Waals surface area (Å²) in [5.41, 5.74) is 6.13. The molecule has 0 amide bonds. The highest BCUT2D eigenvalue weighted by molar-refractivity contribution is 6.25. The first kappa shape index (κ1) is 20.3. The van der Waals surface area contributed by atoms with E-state index in [-0.39, 0.29) is 0 Å². The second-order valence-corrected chi connectivity index (χ2v) is 9.77. The fraction of sp³-hybridized carbons (Fsp3) is 0. The summed E-state index contributed by atoms with van der Waals surface area (Å²) in [4.78, 5) is 0. The molecule has 1 heterocycles. The van der Waals surface area contributed by atoms with E-state index in [1.165, 1.54) is 70.9 Å². The van der Waals surface area contributed by atoms with Crippen LogP contribution in [0, 0.1) is 0 Å². The fourth-order valence-electron chi connectivity index (χ4n) is 6.10. The van der Waals surface area contributed by atoms with Crippen LogP contribution >= 0.6 is 0 Å². The SMILES string of the molecule is c1ccc(-c2ccc3c(c2)c2ccccc2n3-c2ccc3c4ccccc4c4ccccc4c3c2)cc1. The van der Waals surface area contributed by atoms with E-state index < -0.39 is 0 Å². The lowest BCUT2D eigenvalue weighted by Gasteiger charge is -2.14. The molecule has 0 spiro atoms. The van der Waals surface area contributed by atoms with Gasteiger partial charge in [0, 0.05) is 16.5 Å². The van der Waals surface area contributed by atoms with Gasteiger partial charge < -0.3 is 4.57 Å². The Kier molecular flexibility index (Phi) is 4.29. The van der Waals surface area contributed by atoms with Gasteiger partial charge in [-0.25, -0.2) is 0 Å². The van der Waals surface area contributed by atoms with E-state index in [0.717, 1.165) is 0 Å². The lowest BCUT2D eigenvalue weighted by atomic mass is 9.94. The van der Waals surface area contributed by atoms with Gasteiger partial charge in [-0.3, -0.25) is 0 Å². The number of nitrogens with zero attached hydrogens (tertiary/aromatic N) is 1. The summed E-state index contributed by atoms with van der Waals surface area (Å²) in [7, 11) is 0. The summed E-state index contributed by atoms with van der Waals surface area (Å²) >= 11 is 0. The van der Waals surface area contributed by atoms with Crippen molar-refractivity contribution in [2.45, 2.75) is 0 Å². The third-order valence-electron chi connectivity index (χ3n) is 7.77. The van der Waals surface area contributed by atoms with Gasteiger partial charge in [0.15, 0.2) is 0 Å². The molecule has 0 radical (unpaired) electrons. The van der Waals surface area contributed by atoms with Gasteiger partial charge in [0.2, 0.25) is 0 Å². The van der Waals surface area contributed by atoms with Crippen molar-refractivity contribution in [1.82, 2.24) is 4.57 Å². The van der Waals surface area contributed by atoms with Crippen LogP contribution in [0.3, 0.4) is 0 Å². The number of hydrogen-bond acceptors (Lipinski definition) is 0. The van der Waals surface area contributed by atoms with Crippen LogP contribution in [0.15, 0.2) is 140 Å². The second kappa shape index (κ2) is 7.81. The number of fused-ring (bicyclic) bond motifs is 9. The van der Waals surface area contributed by atoms with Crippen LogP contribution in [-0.2, 0) is 0 Å². The largest absolute Gasteiger partial charge is 0.309 e. The van der Waals surface area contributed by atoms with Crippen molar-refractivity contribution in [3.63, 3.8) is 0 Å². The Labute approximate surface area is 214 Å². The van der Waals surface area contributed by atoms with Crippen molar-refractivity contribution in [2.75, 3.05) is 0 Å². The molecule has 37 heavy (non-hydrogen) atoms. The molecule has 0 bridgehead atoms. The lowest BCUT2D eigenvalue weighted by molar-refractivity contribution is 1.19. The maximum absolute atomic E-state index is 2.42. The van der Waals surface area contributed by atoms with E-state index >= 15 is 0 Å². The Morgan fingerprint density at radius 1 is 0.297 bits per heavy atom. The van der Waals surface area contributed by atoms with Gasteiger partial charge in [0.05, 0.1) is 11.0 Å². The Hall–Kier alpha value is -4.88. The van der Waals surface area contributed by atoms with Crippen molar-refractivity contribution in [2.24, 2.45) is 0 Å². The molecule has 1 aromatic heterocycles. The Morgan fingerprint density at radius 3 is 1.54 bits per heavy atom. The Bertz CT molecular complexity index is 2100. The van der Waals surface area contributed by atoms with Crippen molar-refractivity contribution >= 4 is 54.1 Å². The van der Waals surface area contributed by atoms with Crippen LogP contribution in [-0.4, -0.2) is 4.57 Å². The van der Waals surface area contributed by atoms with Gasteiger partial charge in [-0.2, -0.15) is 0 Å². The predicted molar refractivity (Wildman–Crippen MR) is 159 cm³/mol. The van der Waals surface area contributed by atoms with Gasteiger partial charge in [-0.05, 0) is 73.8 Å². The molecule has 0 aliphatic carbocycles. The fourth-order valence-corrected chi connectivity index (χ4v) is 6.10. The Balaban J connectivity index is 1.45. The summed E-state index contributed by atoms with van der Waals surface area (Å²) in [6.45, 7) is 0. The molecule has 172 valence electrons. The Morgan fingerprint density at radius 2 is 0.838 bits per heavy atom.